The molecular formula is C9H19N3OS2. The molecule has 88 valence electrons. The van der Waals surface area contributed by atoms with Gasteiger partial charge in [-0.3, -0.25) is 10.2 Å². The highest BCUT2D eigenvalue weighted by molar-refractivity contribution is 8.76. The van der Waals surface area contributed by atoms with E-state index in [0.29, 0.717) is 5.84 Å². The van der Waals surface area contributed by atoms with Crippen molar-refractivity contribution in [2.45, 2.75) is 19.8 Å². The van der Waals surface area contributed by atoms with Crippen molar-refractivity contribution in [1.82, 2.24) is 10.6 Å². The van der Waals surface area contributed by atoms with Crippen molar-refractivity contribution in [1.29, 1.82) is 5.41 Å². The van der Waals surface area contributed by atoms with Crippen LogP contribution >= 0.6 is 21.6 Å². The van der Waals surface area contributed by atoms with Gasteiger partial charge >= 0.3 is 0 Å². The van der Waals surface area contributed by atoms with E-state index in [0.717, 1.165) is 30.9 Å². The third-order valence-electron chi connectivity index (χ3n) is 1.60. The van der Waals surface area contributed by atoms with Gasteiger partial charge in [0.2, 0.25) is 5.91 Å². The lowest BCUT2D eigenvalue weighted by molar-refractivity contribution is -0.118. The van der Waals surface area contributed by atoms with Crippen LogP contribution in [0.1, 0.15) is 19.8 Å². The van der Waals surface area contributed by atoms with Crippen molar-refractivity contribution in [3.63, 3.8) is 0 Å². The maximum Gasteiger partial charge on any atom is 0.216 e. The van der Waals surface area contributed by atoms with Crippen LogP contribution in [0, 0.1) is 5.41 Å². The Bertz CT molecular complexity index is 200. The first-order valence-corrected chi connectivity index (χ1v) is 7.39. The van der Waals surface area contributed by atoms with Gasteiger partial charge in [0, 0.05) is 38.4 Å². The van der Waals surface area contributed by atoms with Gasteiger partial charge in [0.05, 0.1) is 5.84 Å². The lowest BCUT2D eigenvalue weighted by Gasteiger charge is -2.03. The van der Waals surface area contributed by atoms with Crippen molar-refractivity contribution in [2.24, 2.45) is 0 Å². The van der Waals surface area contributed by atoms with Crippen LogP contribution in [-0.2, 0) is 4.79 Å². The molecule has 0 aromatic rings. The second-order valence-corrected chi connectivity index (χ2v) is 5.66. The number of carbonyl (C=O) groups excluding carboxylic acids is 1. The first-order chi connectivity index (χ1) is 7.16. The molecule has 0 atom stereocenters. The van der Waals surface area contributed by atoms with E-state index in [-0.39, 0.29) is 5.91 Å². The van der Waals surface area contributed by atoms with Gasteiger partial charge in [0.1, 0.15) is 0 Å². The predicted octanol–water partition coefficient (Wildman–Crippen LogP) is 1.48. The molecule has 0 unspecified atom stereocenters. The molecule has 1 amide bonds. The molecule has 0 fully saturated rings. The van der Waals surface area contributed by atoms with E-state index in [4.69, 9.17) is 5.41 Å². The van der Waals surface area contributed by atoms with Gasteiger partial charge in [-0.05, 0) is 6.42 Å². The molecule has 6 heteroatoms. The van der Waals surface area contributed by atoms with E-state index in [2.05, 4.69) is 10.6 Å². The van der Waals surface area contributed by atoms with E-state index < -0.39 is 0 Å². The molecule has 15 heavy (non-hydrogen) atoms. The summed E-state index contributed by atoms with van der Waals surface area (Å²) in [5, 5.41) is 12.9. The van der Waals surface area contributed by atoms with Crippen LogP contribution in [0.3, 0.4) is 0 Å². The normalized spacial score (nSPS) is 9.73. The Morgan fingerprint density at radius 2 is 2.00 bits per heavy atom. The van der Waals surface area contributed by atoms with E-state index in [1.165, 1.54) is 6.92 Å². The molecule has 0 rings (SSSR count). The van der Waals surface area contributed by atoms with E-state index >= 15 is 0 Å². The SMILES string of the molecule is CNC(=N)CCCSSCCNC(C)=O. The summed E-state index contributed by atoms with van der Waals surface area (Å²) in [4.78, 5) is 10.5. The quantitative estimate of drug-likeness (QED) is 0.264. The standard InChI is InChI=1S/C9H19N3OS2/c1-8(13)12-5-7-15-14-6-3-4-9(10)11-2/h3-7H2,1-2H3,(H2,10,11)(H,12,13). The fraction of sp³-hybridized carbons (Fsp3) is 0.778. The number of hydrogen-bond donors (Lipinski definition) is 3. The van der Waals surface area contributed by atoms with Gasteiger partial charge in [-0.25, -0.2) is 0 Å². The molecule has 0 heterocycles. The second kappa shape index (κ2) is 10.2. The Morgan fingerprint density at radius 1 is 1.33 bits per heavy atom. The van der Waals surface area contributed by atoms with Crippen molar-refractivity contribution in [2.75, 3.05) is 25.1 Å². The molecular weight excluding hydrogens is 230 g/mol. The molecule has 0 aromatic carbocycles. The lowest BCUT2D eigenvalue weighted by Crippen LogP contribution is -2.22. The molecule has 0 aromatic heterocycles. The zero-order valence-electron chi connectivity index (χ0n) is 9.26. The molecule has 0 radical (unpaired) electrons. The summed E-state index contributed by atoms with van der Waals surface area (Å²) < 4.78 is 0. The molecule has 4 nitrogen and oxygen atoms in total. The Kier molecular flexibility index (Phi) is 9.92. The number of hydrogen-bond acceptors (Lipinski definition) is 4. The van der Waals surface area contributed by atoms with Crippen LogP contribution in [0.15, 0.2) is 0 Å². The minimum atomic E-state index is 0.0306. The summed E-state index contributed by atoms with van der Waals surface area (Å²) in [6.07, 6.45) is 1.84. The van der Waals surface area contributed by atoms with Crippen LogP contribution < -0.4 is 10.6 Å². The molecule has 0 aliphatic rings. The lowest BCUT2D eigenvalue weighted by atomic mass is 10.3. The van der Waals surface area contributed by atoms with Crippen LogP contribution in [-0.4, -0.2) is 36.8 Å². The number of rotatable bonds is 8. The number of nitrogens with one attached hydrogen (secondary N) is 3. The zero-order chi connectivity index (χ0) is 11.5. The Morgan fingerprint density at radius 3 is 2.60 bits per heavy atom. The Hall–Kier alpha value is -0.360. The Labute approximate surface area is 99.3 Å². The van der Waals surface area contributed by atoms with Crippen LogP contribution in [0.25, 0.3) is 0 Å². The van der Waals surface area contributed by atoms with Crippen molar-refractivity contribution in [3.8, 4) is 0 Å². The fourth-order valence-electron chi connectivity index (χ4n) is 0.819. The van der Waals surface area contributed by atoms with Gasteiger partial charge in [-0.1, -0.05) is 21.6 Å². The summed E-state index contributed by atoms with van der Waals surface area (Å²) in [5.74, 6) is 2.62. The van der Waals surface area contributed by atoms with Gasteiger partial charge in [0.15, 0.2) is 0 Å². The van der Waals surface area contributed by atoms with Crippen molar-refractivity contribution >= 4 is 33.3 Å². The summed E-state index contributed by atoms with van der Waals surface area (Å²) in [6, 6.07) is 0. The largest absolute Gasteiger partial charge is 0.377 e. The maximum atomic E-state index is 10.5. The molecule has 0 bridgehead atoms. The number of amidine groups is 1. The van der Waals surface area contributed by atoms with Gasteiger partial charge in [-0.15, -0.1) is 0 Å². The molecule has 0 spiro atoms. The number of carbonyl (C=O) groups is 1. The van der Waals surface area contributed by atoms with Crippen molar-refractivity contribution in [3.05, 3.63) is 0 Å². The summed E-state index contributed by atoms with van der Waals surface area (Å²) in [5.41, 5.74) is 0. The van der Waals surface area contributed by atoms with Gasteiger partial charge < -0.3 is 10.6 Å². The smallest absolute Gasteiger partial charge is 0.216 e. The maximum absolute atomic E-state index is 10.5. The summed E-state index contributed by atoms with van der Waals surface area (Å²) >= 11 is 0. The van der Waals surface area contributed by atoms with Gasteiger partial charge in [-0.2, -0.15) is 0 Å². The summed E-state index contributed by atoms with van der Waals surface area (Å²) in [7, 11) is 5.34. The van der Waals surface area contributed by atoms with E-state index in [1.807, 2.05) is 0 Å². The third kappa shape index (κ3) is 11.6. The summed E-state index contributed by atoms with van der Waals surface area (Å²) in [6.45, 7) is 2.26. The molecule has 0 aliphatic heterocycles. The molecule has 3 N–H and O–H groups in total. The van der Waals surface area contributed by atoms with Crippen molar-refractivity contribution < 1.29 is 4.79 Å². The minimum absolute atomic E-state index is 0.0306. The zero-order valence-corrected chi connectivity index (χ0v) is 10.9. The second-order valence-electron chi connectivity index (χ2n) is 2.96. The van der Waals surface area contributed by atoms with E-state index in [9.17, 15) is 4.79 Å². The number of amides is 1. The minimum Gasteiger partial charge on any atom is -0.377 e. The first-order valence-electron chi connectivity index (χ1n) is 4.91. The van der Waals surface area contributed by atoms with Crippen LogP contribution in [0.5, 0.6) is 0 Å². The highest BCUT2D eigenvalue weighted by atomic mass is 33.1. The molecule has 0 aliphatic carbocycles. The van der Waals surface area contributed by atoms with E-state index in [1.54, 1.807) is 28.6 Å². The fourth-order valence-corrected chi connectivity index (χ4v) is 2.81. The third-order valence-corrected chi connectivity index (χ3v) is 4.09. The van der Waals surface area contributed by atoms with Crippen LogP contribution in [0.2, 0.25) is 0 Å². The Balaban J connectivity index is 3.05. The van der Waals surface area contributed by atoms with Gasteiger partial charge in [0.25, 0.3) is 0 Å². The highest BCUT2D eigenvalue weighted by Gasteiger charge is 1.95. The monoisotopic (exact) mass is 249 g/mol. The average molecular weight is 249 g/mol. The van der Waals surface area contributed by atoms with Crippen LogP contribution in [0.4, 0.5) is 0 Å². The highest BCUT2D eigenvalue weighted by Crippen LogP contribution is 2.21. The molecule has 0 saturated carbocycles. The average Bonchev–Trinajstić information content (AvgIpc) is 2.21. The molecule has 0 saturated heterocycles. The first kappa shape index (κ1) is 14.6. The topological polar surface area (TPSA) is 65.0 Å². The predicted molar refractivity (Wildman–Crippen MR) is 69.6 cm³/mol.